The topological polar surface area (TPSA) is 49.3 Å². The van der Waals surface area contributed by atoms with E-state index in [9.17, 15) is 4.79 Å². The third-order valence-electron chi connectivity index (χ3n) is 2.91. The number of aliphatic carboxylic acids is 1. The summed E-state index contributed by atoms with van der Waals surface area (Å²) < 4.78 is 0. The number of anilines is 1. The lowest BCUT2D eigenvalue weighted by molar-refractivity contribution is -0.137. The van der Waals surface area contributed by atoms with E-state index in [0.717, 1.165) is 13.0 Å². The zero-order valence-corrected chi connectivity index (χ0v) is 8.79. The highest BCUT2D eigenvalue weighted by Crippen LogP contribution is 2.31. The van der Waals surface area contributed by atoms with Crippen molar-refractivity contribution in [1.82, 2.24) is 0 Å². The molecule has 0 saturated carbocycles. The van der Waals surface area contributed by atoms with Crippen LogP contribution < -0.4 is 5.32 Å². The van der Waals surface area contributed by atoms with Crippen LogP contribution in [0.3, 0.4) is 0 Å². The van der Waals surface area contributed by atoms with Gasteiger partial charge in [-0.2, -0.15) is 0 Å². The summed E-state index contributed by atoms with van der Waals surface area (Å²) in [6.07, 6.45) is 1.21. The SMILES string of the molecule is CC(CC(=O)O)c1cccc2c1CCN2. The van der Waals surface area contributed by atoms with Crippen molar-refractivity contribution in [2.75, 3.05) is 11.9 Å². The van der Waals surface area contributed by atoms with Crippen LogP contribution in [-0.2, 0) is 11.2 Å². The molecule has 0 fully saturated rings. The molecule has 0 amide bonds. The number of carbonyl (C=O) groups is 1. The van der Waals surface area contributed by atoms with Gasteiger partial charge in [-0.15, -0.1) is 0 Å². The quantitative estimate of drug-likeness (QED) is 0.795. The number of benzene rings is 1. The summed E-state index contributed by atoms with van der Waals surface area (Å²) in [6, 6.07) is 6.09. The summed E-state index contributed by atoms with van der Waals surface area (Å²) in [5.41, 5.74) is 3.65. The van der Waals surface area contributed by atoms with Crippen molar-refractivity contribution >= 4 is 11.7 Å². The van der Waals surface area contributed by atoms with Gasteiger partial charge in [0.15, 0.2) is 0 Å². The number of rotatable bonds is 3. The van der Waals surface area contributed by atoms with E-state index in [1.807, 2.05) is 19.1 Å². The van der Waals surface area contributed by atoms with Crippen molar-refractivity contribution in [2.45, 2.75) is 25.7 Å². The van der Waals surface area contributed by atoms with Crippen molar-refractivity contribution in [3.63, 3.8) is 0 Å². The molecule has 1 heterocycles. The van der Waals surface area contributed by atoms with Crippen LogP contribution in [0.25, 0.3) is 0 Å². The molecule has 1 unspecified atom stereocenters. The second-order valence-electron chi connectivity index (χ2n) is 4.05. The lowest BCUT2D eigenvalue weighted by Crippen LogP contribution is -2.05. The monoisotopic (exact) mass is 205 g/mol. The van der Waals surface area contributed by atoms with E-state index in [1.54, 1.807) is 0 Å². The summed E-state index contributed by atoms with van der Waals surface area (Å²) in [5, 5.41) is 12.1. The molecule has 3 nitrogen and oxygen atoms in total. The smallest absolute Gasteiger partial charge is 0.303 e. The lowest BCUT2D eigenvalue weighted by atomic mass is 9.92. The van der Waals surface area contributed by atoms with Crippen LogP contribution in [0.4, 0.5) is 5.69 Å². The molecule has 1 atom stereocenters. The third kappa shape index (κ3) is 1.96. The predicted octanol–water partition coefficient (Wildman–Crippen LogP) is 2.23. The van der Waals surface area contributed by atoms with E-state index < -0.39 is 5.97 Å². The normalized spacial score (nSPS) is 15.5. The zero-order valence-electron chi connectivity index (χ0n) is 8.79. The van der Waals surface area contributed by atoms with Gasteiger partial charge in [0.25, 0.3) is 0 Å². The first-order valence-corrected chi connectivity index (χ1v) is 5.26. The molecule has 1 aromatic rings. The first-order valence-electron chi connectivity index (χ1n) is 5.26. The Morgan fingerprint density at radius 2 is 2.40 bits per heavy atom. The van der Waals surface area contributed by atoms with Gasteiger partial charge in [0.05, 0.1) is 6.42 Å². The van der Waals surface area contributed by atoms with Gasteiger partial charge < -0.3 is 10.4 Å². The molecule has 2 rings (SSSR count). The number of fused-ring (bicyclic) bond motifs is 1. The molecule has 2 N–H and O–H groups in total. The number of hydrogen-bond acceptors (Lipinski definition) is 2. The van der Waals surface area contributed by atoms with Gasteiger partial charge >= 0.3 is 5.97 Å². The van der Waals surface area contributed by atoms with E-state index in [0.29, 0.717) is 0 Å². The Labute approximate surface area is 89.1 Å². The molecule has 0 saturated heterocycles. The maximum Gasteiger partial charge on any atom is 0.303 e. The molecule has 0 radical (unpaired) electrons. The van der Waals surface area contributed by atoms with Gasteiger partial charge in [0, 0.05) is 12.2 Å². The van der Waals surface area contributed by atoms with Gasteiger partial charge in [-0.1, -0.05) is 19.1 Å². The first kappa shape index (κ1) is 10.0. The van der Waals surface area contributed by atoms with Gasteiger partial charge in [-0.05, 0) is 29.5 Å². The Kier molecular flexibility index (Phi) is 2.62. The fourth-order valence-corrected chi connectivity index (χ4v) is 2.21. The van der Waals surface area contributed by atoms with Crippen molar-refractivity contribution in [2.24, 2.45) is 0 Å². The fraction of sp³-hybridized carbons (Fsp3) is 0.417. The van der Waals surface area contributed by atoms with Crippen molar-refractivity contribution in [3.8, 4) is 0 Å². The first-order chi connectivity index (χ1) is 7.18. The number of nitrogens with one attached hydrogen (secondary N) is 1. The predicted molar refractivity (Wildman–Crippen MR) is 59.3 cm³/mol. The van der Waals surface area contributed by atoms with Crippen molar-refractivity contribution in [1.29, 1.82) is 0 Å². The number of carboxylic acids is 1. The molecule has 1 aliphatic rings. The molecule has 3 heteroatoms. The minimum absolute atomic E-state index is 0.0948. The number of hydrogen-bond donors (Lipinski definition) is 2. The molecule has 1 aromatic carbocycles. The standard InChI is InChI=1S/C12H15NO2/c1-8(7-12(14)15)9-3-2-4-11-10(9)5-6-13-11/h2-4,8,13H,5-7H2,1H3,(H,14,15). The van der Waals surface area contributed by atoms with Gasteiger partial charge in [0.2, 0.25) is 0 Å². The van der Waals surface area contributed by atoms with Crippen molar-refractivity contribution in [3.05, 3.63) is 29.3 Å². The van der Waals surface area contributed by atoms with Crippen LogP contribution >= 0.6 is 0 Å². The second-order valence-corrected chi connectivity index (χ2v) is 4.05. The Bertz CT molecular complexity index is 387. The van der Waals surface area contributed by atoms with Crippen LogP contribution in [-0.4, -0.2) is 17.6 Å². The molecule has 0 bridgehead atoms. The highest BCUT2D eigenvalue weighted by molar-refractivity contribution is 5.69. The van der Waals surface area contributed by atoms with Crippen LogP contribution in [0.2, 0.25) is 0 Å². The molecule has 0 aliphatic carbocycles. The van der Waals surface area contributed by atoms with Gasteiger partial charge in [0.1, 0.15) is 0 Å². The Morgan fingerprint density at radius 1 is 1.60 bits per heavy atom. The van der Waals surface area contributed by atoms with E-state index in [4.69, 9.17) is 5.11 Å². The summed E-state index contributed by atoms with van der Waals surface area (Å²) in [6.45, 7) is 2.94. The minimum Gasteiger partial charge on any atom is -0.481 e. The van der Waals surface area contributed by atoms with Crippen molar-refractivity contribution < 1.29 is 9.90 Å². The maximum absolute atomic E-state index is 10.7. The largest absolute Gasteiger partial charge is 0.481 e. The highest BCUT2D eigenvalue weighted by Gasteiger charge is 2.18. The van der Waals surface area contributed by atoms with E-state index in [1.165, 1.54) is 16.8 Å². The van der Waals surface area contributed by atoms with Crippen LogP contribution in [0, 0.1) is 0 Å². The van der Waals surface area contributed by atoms with Gasteiger partial charge in [-0.3, -0.25) is 4.79 Å². The molecule has 0 aromatic heterocycles. The molecule has 15 heavy (non-hydrogen) atoms. The summed E-state index contributed by atoms with van der Waals surface area (Å²) in [4.78, 5) is 10.7. The van der Waals surface area contributed by atoms with E-state index in [-0.39, 0.29) is 12.3 Å². The number of carboxylic acid groups (broad SMARTS) is 1. The Morgan fingerprint density at radius 3 is 3.13 bits per heavy atom. The second kappa shape index (κ2) is 3.93. The Hall–Kier alpha value is -1.51. The maximum atomic E-state index is 10.7. The zero-order chi connectivity index (χ0) is 10.8. The molecule has 0 spiro atoms. The highest BCUT2D eigenvalue weighted by atomic mass is 16.4. The minimum atomic E-state index is -0.731. The van der Waals surface area contributed by atoms with Crippen LogP contribution in [0.1, 0.15) is 30.4 Å². The summed E-state index contributed by atoms with van der Waals surface area (Å²) >= 11 is 0. The van der Waals surface area contributed by atoms with E-state index >= 15 is 0 Å². The third-order valence-corrected chi connectivity index (χ3v) is 2.91. The average Bonchev–Trinajstić information content (AvgIpc) is 2.63. The molecular formula is C12H15NO2. The summed E-state index contributed by atoms with van der Waals surface area (Å²) in [5.74, 6) is -0.636. The summed E-state index contributed by atoms with van der Waals surface area (Å²) in [7, 11) is 0. The van der Waals surface area contributed by atoms with Crippen LogP contribution in [0.5, 0.6) is 0 Å². The average molecular weight is 205 g/mol. The van der Waals surface area contributed by atoms with E-state index in [2.05, 4.69) is 11.4 Å². The van der Waals surface area contributed by atoms with Gasteiger partial charge in [-0.25, -0.2) is 0 Å². The van der Waals surface area contributed by atoms with Crippen LogP contribution in [0.15, 0.2) is 18.2 Å². The fourth-order valence-electron chi connectivity index (χ4n) is 2.21. The Balaban J connectivity index is 2.28. The molecular weight excluding hydrogens is 190 g/mol. The molecule has 80 valence electrons. The lowest BCUT2D eigenvalue weighted by Gasteiger charge is -2.13. The molecule has 1 aliphatic heterocycles.